The van der Waals surface area contributed by atoms with E-state index in [2.05, 4.69) is 15.4 Å². The smallest absolute Gasteiger partial charge is 0.327 e. The first-order valence-electron chi connectivity index (χ1n) is 9.46. The van der Waals surface area contributed by atoms with Crippen LogP contribution in [0.2, 0.25) is 0 Å². The predicted molar refractivity (Wildman–Crippen MR) is 116 cm³/mol. The zero-order valence-corrected chi connectivity index (χ0v) is 18.4. The third kappa shape index (κ3) is 6.09. The topological polar surface area (TPSA) is 155 Å². The highest BCUT2D eigenvalue weighted by molar-refractivity contribution is 6.08. The summed E-state index contributed by atoms with van der Waals surface area (Å²) in [4.78, 5) is 46.7. The maximum Gasteiger partial charge on any atom is 0.327 e. The van der Waals surface area contributed by atoms with Crippen molar-refractivity contribution in [2.75, 3.05) is 40.3 Å². The highest BCUT2D eigenvalue weighted by atomic mass is 16.6. The van der Waals surface area contributed by atoms with Crippen molar-refractivity contribution < 1.29 is 38.3 Å². The monoisotopic (exact) mass is 461 g/mol. The molecule has 0 bridgehead atoms. The maximum absolute atomic E-state index is 12.8. The number of carbonyl (C=O) groups is 3. The summed E-state index contributed by atoms with van der Waals surface area (Å²) in [6.45, 7) is -0.239. The average molecular weight is 461 g/mol. The molecule has 0 aliphatic carbocycles. The van der Waals surface area contributed by atoms with Crippen molar-refractivity contribution >= 4 is 29.2 Å². The zero-order valence-electron chi connectivity index (χ0n) is 18.4. The number of rotatable bonds is 10. The van der Waals surface area contributed by atoms with Gasteiger partial charge in [0.25, 0.3) is 5.91 Å². The number of nitro benzene ring substituents is 1. The molecule has 2 N–H and O–H groups in total. The first-order chi connectivity index (χ1) is 15.7. The Balaban J connectivity index is 2.22. The molecule has 12 nitrogen and oxygen atoms in total. The number of ether oxygens (including phenoxy) is 4. The first kappa shape index (κ1) is 24.9. The number of nitrogens with one attached hydrogen (secondary N) is 2. The van der Waals surface area contributed by atoms with Crippen LogP contribution in [0.4, 0.5) is 11.4 Å². The second-order valence-corrected chi connectivity index (χ2v) is 6.48. The summed E-state index contributed by atoms with van der Waals surface area (Å²) in [7, 11) is 5.05. The van der Waals surface area contributed by atoms with Gasteiger partial charge in [0.1, 0.15) is 12.1 Å². The molecule has 2 rings (SSSR count). The Morgan fingerprint density at radius 2 is 1.61 bits per heavy atom. The van der Waals surface area contributed by atoms with E-state index in [0.717, 1.165) is 0 Å². The van der Waals surface area contributed by atoms with Crippen LogP contribution < -0.4 is 24.8 Å². The fraction of sp³-hybridized carbons (Fsp3) is 0.286. The number of esters is 1. The number of nitro groups is 1. The molecule has 2 aromatic rings. The van der Waals surface area contributed by atoms with E-state index in [0.29, 0.717) is 11.3 Å². The van der Waals surface area contributed by atoms with Crippen molar-refractivity contribution in [3.63, 3.8) is 0 Å². The van der Waals surface area contributed by atoms with Gasteiger partial charge in [0.05, 0.1) is 39.8 Å². The van der Waals surface area contributed by atoms with Crippen LogP contribution in [0.1, 0.15) is 15.9 Å². The van der Waals surface area contributed by atoms with E-state index in [4.69, 9.17) is 14.2 Å². The Labute approximate surface area is 188 Å². The van der Waals surface area contributed by atoms with E-state index < -0.39 is 22.5 Å². The third-order valence-electron chi connectivity index (χ3n) is 4.47. The molecular weight excluding hydrogens is 438 g/mol. The molecule has 0 aromatic heterocycles. The number of anilines is 1. The molecule has 2 amide bonds. The quantitative estimate of drug-likeness (QED) is 0.305. The van der Waals surface area contributed by atoms with Gasteiger partial charge in [0.2, 0.25) is 17.4 Å². The molecule has 0 saturated heterocycles. The molecule has 0 spiro atoms. The van der Waals surface area contributed by atoms with Gasteiger partial charge in [0, 0.05) is 11.8 Å². The van der Waals surface area contributed by atoms with E-state index in [1.807, 2.05) is 0 Å². The Morgan fingerprint density at radius 3 is 2.12 bits per heavy atom. The molecule has 2 aromatic carbocycles. The van der Waals surface area contributed by atoms with E-state index in [1.165, 1.54) is 46.6 Å². The van der Waals surface area contributed by atoms with Gasteiger partial charge < -0.3 is 29.6 Å². The van der Waals surface area contributed by atoms with E-state index in [1.54, 1.807) is 12.1 Å². The normalized spacial score (nSPS) is 10.1. The molecule has 0 heterocycles. The number of hydrogen-bond donors (Lipinski definition) is 2. The van der Waals surface area contributed by atoms with Crippen molar-refractivity contribution in [1.29, 1.82) is 0 Å². The molecule has 0 radical (unpaired) electrons. The summed E-state index contributed by atoms with van der Waals surface area (Å²) in [6.07, 6.45) is 0.00354. The number of amides is 2. The second kappa shape index (κ2) is 11.3. The second-order valence-electron chi connectivity index (χ2n) is 6.48. The summed E-state index contributed by atoms with van der Waals surface area (Å²) in [5.74, 6) is -1.91. The number of methoxy groups -OCH3 is 4. The van der Waals surface area contributed by atoms with Gasteiger partial charge in [-0.3, -0.25) is 24.5 Å². The Kier molecular flexibility index (Phi) is 8.55. The van der Waals surface area contributed by atoms with Crippen LogP contribution in [0.3, 0.4) is 0 Å². The van der Waals surface area contributed by atoms with E-state index >= 15 is 0 Å². The van der Waals surface area contributed by atoms with Crippen molar-refractivity contribution in [3.05, 3.63) is 51.6 Å². The van der Waals surface area contributed by atoms with Gasteiger partial charge in [-0.25, -0.2) is 0 Å². The van der Waals surface area contributed by atoms with Crippen molar-refractivity contribution in [2.24, 2.45) is 0 Å². The molecule has 0 unspecified atom stereocenters. The van der Waals surface area contributed by atoms with Crippen LogP contribution in [0, 0.1) is 10.1 Å². The van der Waals surface area contributed by atoms with E-state index in [-0.39, 0.29) is 41.7 Å². The van der Waals surface area contributed by atoms with Crippen molar-refractivity contribution in [1.82, 2.24) is 5.32 Å². The molecule has 0 aliphatic heterocycles. The van der Waals surface area contributed by atoms with Crippen LogP contribution in [-0.4, -0.2) is 57.7 Å². The molecule has 33 heavy (non-hydrogen) atoms. The van der Waals surface area contributed by atoms with Gasteiger partial charge in [-0.2, -0.15) is 0 Å². The Bertz CT molecular complexity index is 1050. The fourth-order valence-electron chi connectivity index (χ4n) is 2.89. The molecular formula is C21H23N3O9. The van der Waals surface area contributed by atoms with Gasteiger partial charge in [-0.05, 0) is 17.7 Å². The van der Waals surface area contributed by atoms with Crippen LogP contribution in [-0.2, 0) is 20.7 Å². The zero-order chi connectivity index (χ0) is 24.5. The summed E-state index contributed by atoms with van der Waals surface area (Å²) < 4.78 is 19.9. The lowest BCUT2D eigenvalue weighted by molar-refractivity contribution is -0.386. The lowest BCUT2D eigenvalue weighted by atomic mass is 10.1. The molecule has 12 heteroatoms. The minimum atomic E-state index is -0.774. The highest BCUT2D eigenvalue weighted by Crippen LogP contribution is 2.46. The van der Waals surface area contributed by atoms with Gasteiger partial charge in [-0.15, -0.1) is 0 Å². The number of hydrogen-bond acceptors (Lipinski definition) is 9. The lowest BCUT2D eigenvalue weighted by Gasteiger charge is -2.15. The van der Waals surface area contributed by atoms with Gasteiger partial charge >= 0.3 is 11.7 Å². The van der Waals surface area contributed by atoms with E-state index in [9.17, 15) is 24.5 Å². The Hall–Kier alpha value is -4.35. The summed E-state index contributed by atoms with van der Waals surface area (Å²) >= 11 is 0. The maximum atomic E-state index is 12.8. The van der Waals surface area contributed by atoms with Crippen LogP contribution in [0.5, 0.6) is 17.2 Å². The largest absolute Gasteiger partial charge is 0.493 e. The molecule has 0 saturated carbocycles. The summed E-state index contributed by atoms with van der Waals surface area (Å²) in [5, 5.41) is 16.7. The van der Waals surface area contributed by atoms with Gasteiger partial charge in [-0.1, -0.05) is 12.1 Å². The SMILES string of the molecule is COC(=O)CNC(=O)Cc1ccc(NC(=O)c2cc(OC)c(OC)c(OC)c2[N+](=O)[O-])cc1. The molecule has 0 fully saturated rings. The minimum absolute atomic E-state index is 0.00354. The number of carbonyl (C=O) groups excluding carboxylic acids is 3. The van der Waals surface area contributed by atoms with Crippen LogP contribution in [0.25, 0.3) is 0 Å². The van der Waals surface area contributed by atoms with Crippen molar-refractivity contribution in [3.8, 4) is 17.2 Å². The van der Waals surface area contributed by atoms with Gasteiger partial charge in [0.15, 0.2) is 5.75 Å². The molecule has 176 valence electrons. The number of nitrogens with zero attached hydrogens (tertiary/aromatic N) is 1. The highest BCUT2D eigenvalue weighted by Gasteiger charge is 2.32. The minimum Gasteiger partial charge on any atom is -0.493 e. The first-order valence-corrected chi connectivity index (χ1v) is 9.46. The standard InChI is InChI=1S/C21H23N3O9/c1-30-15-10-14(18(24(28)29)20(33-4)19(15)32-3)21(27)23-13-7-5-12(6-8-13)9-16(25)22-11-17(26)31-2/h5-8,10H,9,11H2,1-4H3,(H,22,25)(H,23,27). The third-order valence-corrected chi connectivity index (χ3v) is 4.47. The van der Waals surface area contributed by atoms with Crippen LogP contribution in [0.15, 0.2) is 30.3 Å². The molecule has 0 atom stereocenters. The predicted octanol–water partition coefficient (Wildman–Crippen LogP) is 1.70. The molecule has 0 aliphatic rings. The average Bonchev–Trinajstić information content (AvgIpc) is 2.81. The summed E-state index contributed by atoms with van der Waals surface area (Å²) in [6, 6.07) is 7.44. The fourth-order valence-corrected chi connectivity index (χ4v) is 2.89. The van der Waals surface area contributed by atoms with Crippen molar-refractivity contribution in [2.45, 2.75) is 6.42 Å². The van der Waals surface area contributed by atoms with Crippen LogP contribution >= 0.6 is 0 Å². The lowest BCUT2D eigenvalue weighted by Crippen LogP contribution is -2.31. The Morgan fingerprint density at radius 1 is 0.970 bits per heavy atom. The number of benzene rings is 2. The summed E-state index contributed by atoms with van der Waals surface area (Å²) in [5.41, 5.74) is 0.0863.